The molecule has 7 nitrogen and oxygen atoms in total. The van der Waals surface area contributed by atoms with Gasteiger partial charge in [-0.05, 0) is 57.6 Å². The lowest BCUT2D eigenvalue weighted by atomic mass is 9.71. The van der Waals surface area contributed by atoms with Crippen molar-refractivity contribution in [1.29, 1.82) is 0 Å². The summed E-state index contributed by atoms with van der Waals surface area (Å²) >= 11 is 1.66. The molecule has 1 aromatic carbocycles. The number of fused-ring (bicyclic) bond motifs is 1. The van der Waals surface area contributed by atoms with Crippen molar-refractivity contribution in [3.8, 4) is 0 Å². The normalized spacial score (nSPS) is 29.4. The molecule has 2 amide bonds. The molecule has 3 heterocycles. The third-order valence-electron chi connectivity index (χ3n) is 7.64. The minimum atomic E-state index is -0.615. The molecule has 0 aliphatic carbocycles. The van der Waals surface area contributed by atoms with Crippen molar-refractivity contribution < 1.29 is 24.2 Å². The molecule has 8 heteroatoms. The SMILES string of the molecule is CCOC(=O)[C@@H]1[C@@H]2CCC3(S2)C(C(=O)Nc2c(C)cccc2C)N(CCCCCCO)C(=O)[C@H]13. The van der Waals surface area contributed by atoms with Crippen LogP contribution >= 0.6 is 11.8 Å². The molecule has 2 bridgehead atoms. The number of carbonyl (C=O) groups is 3. The molecule has 0 radical (unpaired) electrons. The number of esters is 1. The van der Waals surface area contributed by atoms with Crippen molar-refractivity contribution in [2.75, 3.05) is 25.1 Å². The van der Waals surface area contributed by atoms with Crippen LogP contribution in [0.15, 0.2) is 18.2 Å². The second-order valence-corrected chi connectivity index (χ2v) is 11.3. The van der Waals surface area contributed by atoms with Crippen LogP contribution in [0.2, 0.25) is 0 Å². The van der Waals surface area contributed by atoms with Crippen LogP contribution in [0.3, 0.4) is 0 Å². The number of anilines is 1. The van der Waals surface area contributed by atoms with E-state index < -0.39 is 22.6 Å². The van der Waals surface area contributed by atoms with Crippen molar-refractivity contribution in [1.82, 2.24) is 4.90 Å². The Morgan fingerprint density at radius 1 is 1.21 bits per heavy atom. The fourth-order valence-corrected chi connectivity index (χ4v) is 8.36. The average molecular weight is 489 g/mol. The van der Waals surface area contributed by atoms with E-state index >= 15 is 0 Å². The highest BCUT2D eigenvalue weighted by Gasteiger charge is 2.73. The van der Waals surface area contributed by atoms with Crippen LogP contribution in [-0.4, -0.2) is 63.6 Å². The predicted molar refractivity (Wildman–Crippen MR) is 133 cm³/mol. The fourth-order valence-electron chi connectivity index (χ4n) is 6.15. The smallest absolute Gasteiger partial charge is 0.310 e. The van der Waals surface area contributed by atoms with Gasteiger partial charge in [-0.3, -0.25) is 14.4 Å². The number of ether oxygens (including phenoxy) is 1. The van der Waals surface area contributed by atoms with Crippen LogP contribution in [0.4, 0.5) is 5.69 Å². The van der Waals surface area contributed by atoms with Crippen LogP contribution in [0, 0.1) is 25.7 Å². The van der Waals surface area contributed by atoms with Gasteiger partial charge in [-0.1, -0.05) is 31.0 Å². The van der Waals surface area contributed by atoms with E-state index in [1.165, 1.54) is 0 Å². The summed E-state index contributed by atoms with van der Waals surface area (Å²) in [6.07, 6.45) is 4.83. The monoisotopic (exact) mass is 488 g/mol. The molecule has 2 N–H and O–H groups in total. The number of para-hydroxylation sites is 1. The van der Waals surface area contributed by atoms with Crippen molar-refractivity contribution in [3.05, 3.63) is 29.3 Å². The van der Waals surface area contributed by atoms with Crippen LogP contribution in [0.5, 0.6) is 0 Å². The summed E-state index contributed by atoms with van der Waals surface area (Å²) in [5.74, 6) is -1.56. The largest absolute Gasteiger partial charge is 0.466 e. The maximum absolute atomic E-state index is 13.9. The van der Waals surface area contributed by atoms with Gasteiger partial charge < -0.3 is 20.1 Å². The van der Waals surface area contributed by atoms with Crippen molar-refractivity contribution >= 4 is 35.2 Å². The van der Waals surface area contributed by atoms with Crippen LogP contribution in [0.1, 0.15) is 56.6 Å². The molecule has 1 aromatic rings. The molecule has 3 aliphatic heterocycles. The zero-order valence-corrected chi connectivity index (χ0v) is 21.2. The van der Waals surface area contributed by atoms with Crippen LogP contribution < -0.4 is 5.32 Å². The van der Waals surface area contributed by atoms with Crippen LogP contribution in [-0.2, 0) is 19.1 Å². The Morgan fingerprint density at radius 3 is 2.59 bits per heavy atom. The molecule has 3 saturated heterocycles. The molecular weight excluding hydrogens is 452 g/mol. The van der Waals surface area contributed by atoms with Gasteiger partial charge in [0.15, 0.2) is 0 Å². The summed E-state index contributed by atoms with van der Waals surface area (Å²) in [7, 11) is 0. The molecular formula is C26H36N2O5S. The predicted octanol–water partition coefficient (Wildman–Crippen LogP) is 3.45. The number of aryl methyl sites for hydroxylation is 2. The summed E-state index contributed by atoms with van der Waals surface area (Å²) in [5, 5.41) is 12.2. The Morgan fingerprint density at radius 2 is 1.91 bits per heavy atom. The van der Waals surface area contributed by atoms with E-state index in [2.05, 4.69) is 5.32 Å². The number of amides is 2. The third kappa shape index (κ3) is 4.24. The van der Waals surface area contributed by atoms with Gasteiger partial charge in [-0.2, -0.15) is 0 Å². The lowest BCUT2D eigenvalue weighted by Crippen LogP contribution is -2.51. The lowest BCUT2D eigenvalue weighted by molar-refractivity contribution is -0.153. The van der Waals surface area contributed by atoms with Crippen molar-refractivity contribution in [3.63, 3.8) is 0 Å². The number of aliphatic hydroxyl groups excluding tert-OH is 1. The van der Waals surface area contributed by atoms with Gasteiger partial charge in [-0.15, -0.1) is 11.8 Å². The molecule has 5 atom stereocenters. The number of unbranched alkanes of at least 4 members (excludes halogenated alkanes) is 3. The van der Waals surface area contributed by atoms with E-state index in [0.717, 1.165) is 55.3 Å². The maximum Gasteiger partial charge on any atom is 0.310 e. The van der Waals surface area contributed by atoms with Crippen LogP contribution in [0.25, 0.3) is 0 Å². The zero-order chi connectivity index (χ0) is 24.5. The summed E-state index contributed by atoms with van der Waals surface area (Å²) in [6.45, 7) is 6.64. The number of likely N-dealkylation sites (tertiary alicyclic amines) is 1. The second-order valence-electron chi connectivity index (χ2n) is 9.73. The first-order valence-electron chi connectivity index (χ1n) is 12.5. The van der Waals surface area contributed by atoms with Gasteiger partial charge >= 0.3 is 5.97 Å². The Labute approximate surface area is 206 Å². The number of benzene rings is 1. The first-order valence-corrected chi connectivity index (χ1v) is 13.4. The molecule has 0 saturated carbocycles. The average Bonchev–Trinajstić information content (AvgIpc) is 3.44. The number of nitrogens with zero attached hydrogens (tertiary/aromatic N) is 1. The van der Waals surface area contributed by atoms with E-state index in [1.54, 1.807) is 23.6 Å². The molecule has 34 heavy (non-hydrogen) atoms. The van der Waals surface area contributed by atoms with Gasteiger partial charge in [0, 0.05) is 24.1 Å². The topological polar surface area (TPSA) is 95.9 Å². The number of hydrogen-bond acceptors (Lipinski definition) is 6. The van der Waals surface area contributed by atoms with Crippen molar-refractivity contribution in [2.45, 2.75) is 75.3 Å². The molecule has 3 fully saturated rings. The first kappa shape index (κ1) is 25.0. The Kier molecular flexibility index (Phi) is 7.57. The number of hydrogen-bond donors (Lipinski definition) is 2. The van der Waals surface area contributed by atoms with E-state index in [0.29, 0.717) is 6.54 Å². The first-order chi connectivity index (χ1) is 16.4. The summed E-state index contributed by atoms with van der Waals surface area (Å²) in [5.41, 5.74) is 2.76. The fraction of sp³-hybridized carbons (Fsp3) is 0.654. The van der Waals surface area contributed by atoms with Gasteiger partial charge in [-0.25, -0.2) is 0 Å². The summed E-state index contributed by atoms with van der Waals surface area (Å²) in [6, 6.07) is 5.28. The van der Waals surface area contributed by atoms with Gasteiger partial charge in [0.05, 0.1) is 23.2 Å². The summed E-state index contributed by atoms with van der Waals surface area (Å²) in [4.78, 5) is 42.3. The number of rotatable bonds is 10. The van der Waals surface area contributed by atoms with E-state index in [4.69, 9.17) is 9.84 Å². The van der Waals surface area contributed by atoms with Gasteiger partial charge in [0.25, 0.3) is 0 Å². The molecule has 4 rings (SSSR count). The van der Waals surface area contributed by atoms with E-state index in [9.17, 15) is 14.4 Å². The zero-order valence-electron chi connectivity index (χ0n) is 20.3. The highest BCUT2D eigenvalue weighted by Crippen LogP contribution is 2.66. The Balaban J connectivity index is 1.64. The number of carbonyl (C=O) groups excluding carboxylic acids is 3. The molecule has 1 spiro atoms. The Bertz CT molecular complexity index is 933. The molecule has 186 valence electrons. The Hall–Kier alpha value is -2.06. The standard InChI is InChI=1S/C26H36N2O5S/c1-4-33-25(32)19-18-12-13-26(34-18)20(19)24(31)28(14-7-5-6-8-15-29)22(26)23(30)27-21-16(2)10-9-11-17(21)3/h9-11,18-20,22,29H,4-8,12-15H2,1-3H3,(H,27,30)/t18-,19+,20-,22?,26?/m0/s1. The highest BCUT2D eigenvalue weighted by molar-refractivity contribution is 8.02. The third-order valence-corrected chi connectivity index (χ3v) is 9.60. The quantitative estimate of drug-likeness (QED) is 0.387. The van der Waals surface area contributed by atoms with Crippen molar-refractivity contribution in [2.24, 2.45) is 11.8 Å². The molecule has 0 aromatic heterocycles. The highest BCUT2D eigenvalue weighted by atomic mass is 32.2. The summed E-state index contributed by atoms with van der Waals surface area (Å²) < 4.78 is 4.78. The number of thioether (sulfide) groups is 1. The maximum atomic E-state index is 13.9. The number of nitrogens with one attached hydrogen (secondary N) is 1. The van der Waals surface area contributed by atoms with E-state index in [1.807, 2.05) is 32.0 Å². The lowest BCUT2D eigenvalue weighted by Gasteiger charge is -2.34. The van der Waals surface area contributed by atoms with Gasteiger partial charge in [0.2, 0.25) is 11.8 Å². The van der Waals surface area contributed by atoms with E-state index in [-0.39, 0.29) is 36.2 Å². The minimum absolute atomic E-state index is 0.0233. The van der Waals surface area contributed by atoms with Gasteiger partial charge in [0.1, 0.15) is 6.04 Å². The molecule has 2 unspecified atom stereocenters. The minimum Gasteiger partial charge on any atom is -0.466 e. The molecule has 3 aliphatic rings. The second kappa shape index (κ2) is 10.3. The number of aliphatic hydroxyl groups is 1.